The molecule has 5 nitrogen and oxygen atoms in total. The molecule has 1 N–H and O–H groups in total. The van der Waals surface area contributed by atoms with E-state index >= 15 is 0 Å². The van der Waals surface area contributed by atoms with Gasteiger partial charge in [-0.25, -0.2) is 8.42 Å². The van der Waals surface area contributed by atoms with Gasteiger partial charge in [0.25, 0.3) is 10.0 Å². The van der Waals surface area contributed by atoms with Crippen molar-refractivity contribution in [2.45, 2.75) is 45.6 Å². The third-order valence-corrected chi connectivity index (χ3v) is 6.86. The normalized spacial score (nSPS) is 12.1. The van der Waals surface area contributed by atoms with E-state index in [-0.39, 0.29) is 10.9 Å². The van der Waals surface area contributed by atoms with Crippen molar-refractivity contribution in [1.82, 2.24) is 4.57 Å². The van der Waals surface area contributed by atoms with Gasteiger partial charge >= 0.3 is 4.87 Å². The molecule has 0 unspecified atom stereocenters. The molecule has 1 aromatic heterocycles. The molecule has 0 amide bonds. The van der Waals surface area contributed by atoms with Crippen LogP contribution < -0.4 is 9.60 Å². The summed E-state index contributed by atoms with van der Waals surface area (Å²) in [5.41, 5.74) is 3.73. The van der Waals surface area contributed by atoms with Gasteiger partial charge in [-0.05, 0) is 63.9 Å². The Morgan fingerprint density at radius 3 is 2.23 bits per heavy atom. The molecular weight excluding hydrogens is 368 g/mol. The standard InChI is InChI=1S/C19H22N2O3S2/c1-11(2)21-16-7-6-15(10-17(16)25-19(21)22)20-26(23,24)18-13(4)8-12(3)9-14(18)5/h6-11,20H,1-5H3. The molecule has 3 aromatic rings. The first-order valence-corrected chi connectivity index (χ1v) is 10.7. The van der Waals surface area contributed by atoms with Gasteiger partial charge < -0.3 is 0 Å². The zero-order chi connectivity index (χ0) is 19.2. The van der Waals surface area contributed by atoms with Crippen molar-refractivity contribution < 1.29 is 8.42 Å². The summed E-state index contributed by atoms with van der Waals surface area (Å²) in [7, 11) is -3.71. The van der Waals surface area contributed by atoms with Crippen molar-refractivity contribution in [2.24, 2.45) is 0 Å². The summed E-state index contributed by atoms with van der Waals surface area (Å²) in [4.78, 5) is 12.4. The highest BCUT2D eigenvalue weighted by Crippen LogP contribution is 2.28. The molecule has 0 bridgehead atoms. The van der Waals surface area contributed by atoms with E-state index in [0.29, 0.717) is 21.7 Å². The number of thiazole rings is 1. The number of nitrogens with one attached hydrogen (secondary N) is 1. The summed E-state index contributed by atoms with van der Waals surface area (Å²) in [5.74, 6) is 0. The van der Waals surface area contributed by atoms with E-state index in [1.54, 1.807) is 36.6 Å². The van der Waals surface area contributed by atoms with Gasteiger partial charge in [0.05, 0.1) is 20.8 Å². The molecule has 0 aliphatic carbocycles. The Morgan fingerprint density at radius 1 is 1.04 bits per heavy atom. The number of sulfonamides is 1. The number of hydrogen-bond acceptors (Lipinski definition) is 4. The highest BCUT2D eigenvalue weighted by Gasteiger charge is 2.20. The first-order chi connectivity index (χ1) is 12.1. The van der Waals surface area contributed by atoms with E-state index < -0.39 is 10.0 Å². The molecule has 138 valence electrons. The van der Waals surface area contributed by atoms with Crippen LogP contribution in [-0.4, -0.2) is 13.0 Å². The van der Waals surface area contributed by atoms with E-state index in [9.17, 15) is 13.2 Å². The lowest BCUT2D eigenvalue weighted by molar-refractivity contribution is 0.600. The van der Waals surface area contributed by atoms with Crippen LogP contribution in [0.2, 0.25) is 0 Å². The maximum absolute atomic E-state index is 12.9. The van der Waals surface area contributed by atoms with Gasteiger partial charge in [-0.3, -0.25) is 14.1 Å². The molecule has 26 heavy (non-hydrogen) atoms. The maximum Gasteiger partial charge on any atom is 0.308 e. The summed E-state index contributed by atoms with van der Waals surface area (Å²) in [6.07, 6.45) is 0. The first kappa shape index (κ1) is 18.7. The lowest BCUT2D eigenvalue weighted by Crippen LogP contribution is -2.16. The van der Waals surface area contributed by atoms with Crippen LogP contribution >= 0.6 is 11.3 Å². The zero-order valence-electron chi connectivity index (χ0n) is 15.5. The van der Waals surface area contributed by atoms with Crippen LogP contribution in [0.4, 0.5) is 5.69 Å². The smallest absolute Gasteiger partial charge is 0.296 e. The number of nitrogens with zero attached hydrogens (tertiary/aromatic N) is 1. The number of hydrogen-bond donors (Lipinski definition) is 1. The van der Waals surface area contributed by atoms with Gasteiger partial charge in [0.2, 0.25) is 0 Å². The first-order valence-electron chi connectivity index (χ1n) is 8.36. The summed E-state index contributed by atoms with van der Waals surface area (Å²) < 4.78 is 30.9. The van der Waals surface area contributed by atoms with Gasteiger partial charge in [-0.15, -0.1) is 0 Å². The molecule has 0 aliphatic heterocycles. The average molecular weight is 391 g/mol. The minimum Gasteiger partial charge on any atom is -0.296 e. The predicted octanol–water partition coefficient (Wildman–Crippen LogP) is 4.37. The fraction of sp³-hybridized carbons (Fsp3) is 0.316. The molecule has 0 saturated carbocycles. The summed E-state index contributed by atoms with van der Waals surface area (Å²) >= 11 is 1.12. The summed E-state index contributed by atoms with van der Waals surface area (Å²) in [6.45, 7) is 9.44. The number of rotatable bonds is 4. The Hall–Kier alpha value is -2.12. The summed E-state index contributed by atoms with van der Waals surface area (Å²) in [5, 5.41) is 0. The quantitative estimate of drug-likeness (QED) is 0.719. The molecule has 0 fully saturated rings. The molecule has 7 heteroatoms. The molecule has 0 saturated heterocycles. The fourth-order valence-electron chi connectivity index (χ4n) is 3.39. The lowest BCUT2D eigenvalue weighted by atomic mass is 10.1. The average Bonchev–Trinajstić information content (AvgIpc) is 2.80. The zero-order valence-corrected chi connectivity index (χ0v) is 17.1. The fourth-order valence-corrected chi connectivity index (χ4v) is 5.94. The van der Waals surface area contributed by atoms with E-state index in [4.69, 9.17) is 0 Å². The van der Waals surface area contributed by atoms with Gasteiger partial charge in [-0.2, -0.15) is 0 Å². The summed E-state index contributed by atoms with van der Waals surface area (Å²) in [6, 6.07) is 8.98. The molecule has 0 atom stereocenters. The molecule has 1 heterocycles. The number of benzene rings is 2. The third kappa shape index (κ3) is 3.29. The van der Waals surface area contributed by atoms with Crippen LogP contribution in [-0.2, 0) is 10.0 Å². The molecule has 0 aliphatic rings. The Morgan fingerprint density at radius 2 is 1.65 bits per heavy atom. The highest BCUT2D eigenvalue weighted by molar-refractivity contribution is 7.92. The second-order valence-corrected chi connectivity index (χ2v) is 9.46. The number of aryl methyl sites for hydroxylation is 3. The monoisotopic (exact) mass is 390 g/mol. The van der Waals surface area contributed by atoms with E-state index in [1.807, 2.05) is 32.9 Å². The van der Waals surface area contributed by atoms with Crippen molar-refractivity contribution in [3.63, 3.8) is 0 Å². The van der Waals surface area contributed by atoms with Crippen molar-refractivity contribution in [3.05, 3.63) is 56.7 Å². The van der Waals surface area contributed by atoms with Crippen molar-refractivity contribution in [3.8, 4) is 0 Å². The Labute approximate surface area is 157 Å². The maximum atomic E-state index is 12.9. The van der Waals surface area contributed by atoms with Crippen LogP contribution in [0.15, 0.2) is 40.0 Å². The van der Waals surface area contributed by atoms with Crippen LogP contribution in [0.1, 0.15) is 36.6 Å². The second-order valence-electron chi connectivity index (χ2n) is 6.85. The van der Waals surface area contributed by atoms with E-state index in [1.165, 1.54) is 0 Å². The number of anilines is 1. The van der Waals surface area contributed by atoms with Gasteiger partial charge in [-0.1, -0.05) is 29.0 Å². The highest BCUT2D eigenvalue weighted by atomic mass is 32.2. The molecule has 0 radical (unpaired) electrons. The largest absolute Gasteiger partial charge is 0.308 e. The van der Waals surface area contributed by atoms with Crippen LogP contribution in [0.3, 0.4) is 0 Å². The van der Waals surface area contributed by atoms with Crippen molar-refractivity contribution in [1.29, 1.82) is 0 Å². The molecule has 0 spiro atoms. The molecule has 2 aromatic carbocycles. The van der Waals surface area contributed by atoms with Crippen LogP contribution in [0.5, 0.6) is 0 Å². The Bertz CT molecular complexity index is 1130. The van der Waals surface area contributed by atoms with Gasteiger partial charge in [0.1, 0.15) is 0 Å². The SMILES string of the molecule is Cc1cc(C)c(S(=O)(=O)Nc2ccc3c(c2)sc(=O)n3C(C)C)c(C)c1. The van der Waals surface area contributed by atoms with Crippen LogP contribution in [0.25, 0.3) is 10.2 Å². The number of fused-ring (bicyclic) bond motifs is 1. The second kappa shape index (κ2) is 6.55. The minimum absolute atomic E-state index is 0.0415. The number of aromatic nitrogens is 1. The third-order valence-electron chi connectivity index (χ3n) is 4.26. The van der Waals surface area contributed by atoms with Gasteiger partial charge in [0, 0.05) is 6.04 Å². The van der Waals surface area contributed by atoms with Crippen LogP contribution in [0, 0.1) is 20.8 Å². The van der Waals surface area contributed by atoms with Gasteiger partial charge in [0.15, 0.2) is 0 Å². The molecular formula is C19H22N2O3S2. The molecule has 3 rings (SSSR count). The lowest BCUT2D eigenvalue weighted by Gasteiger charge is -2.14. The van der Waals surface area contributed by atoms with E-state index in [2.05, 4.69) is 4.72 Å². The predicted molar refractivity (Wildman–Crippen MR) is 108 cm³/mol. The topological polar surface area (TPSA) is 68.2 Å². The van der Waals surface area contributed by atoms with Crippen molar-refractivity contribution in [2.75, 3.05) is 4.72 Å². The van der Waals surface area contributed by atoms with Crippen molar-refractivity contribution >= 4 is 37.3 Å². The Balaban J connectivity index is 2.05. The van der Waals surface area contributed by atoms with E-state index in [0.717, 1.165) is 27.1 Å². The minimum atomic E-state index is -3.71. The Kier molecular flexibility index (Phi) is 4.71.